The highest BCUT2D eigenvalue weighted by Crippen LogP contribution is 2.14. The van der Waals surface area contributed by atoms with Gasteiger partial charge >= 0.3 is 5.97 Å². The van der Waals surface area contributed by atoms with Gasteiger partial charge in [0.15, 0.2) is 0 Å². The van der Waals surface area contributed by atoms with Crippen LogP contribution in [-0.2, 0) is 11.3 Å². The smallest absolute Gasteiger partial charge is 0.338 e. The number of benzene rings is 1. The van der Waals surface area contributed by atoms with Crippen molar-refractivity contribution >= 4 is 11.7 Å². The standard InChI is InChI=1S/C16H16N2O3/c1-11(2)20-16(19)12-3-5-13(6-4-12)18-10-15-8-7-14(9-17)21-15/h3-8,11,18H,10H2,1-2H3. The van der Waals surface area contributed by atoms with E-state index < -0.39 is 0 Å². The molecule has 0 bridgehead atoms. The average Bonchev–Trinajstić information content (AvgIpc) is 2.93. The predicted octanol–water partition coefficient (Wildman–Crippen LogP) is 3.33. The van der Waals surface area contributed by atoms with E-state index in [2.05, 4.69) is 5.32 Å². The van der Waals surface area contributed by atoms with Gasteiger partial charge in [0, 0.05) is 5.69 Å². The lowest BCUT2D eigenvalue weighted by Crippen LogP contribution is -2.11. The van der Waals surface area contributed by atoms with E-state index in [0.717, 1.165) is 5.69 Å². The highest BCUT2D eigenvalue weighted by atomic mass is 16.5. The molecule has 0 spiro atoms. The van der Waals surface area contributed by atoms with Crippen molar-refractivity contribution in [2.24, 2.45) is 0 Å². The number of carbonyl (C=O) groups excluding carboxylic acids is 1. The van der Waals surface area contributed by atoms with Crippen molar-refractivity contribution in [3.05, 3.63) is 53.5 Å². The van der Waals surface area contributed by atoms with Gasteiger partial charge in [-0.1, -0.05) is 0 Å². The molecule has 0 fully saturated rings. The molecular formula is C16H16N2O3. The highest BCUT2D eigenvalue weighted by molar-refractivity contribution is 5.89. The largest absolute Gasteiger partial charge is 0.459 e. The van der Waals surface area contributed by atoms with Crippen molar-refractivity contribution in [3.8, 4) is 6.07 Å². The number of nitrogens with one attached hydrogen (secondary N) is 1. The second-order valence-corrected chi connectivity index (χ2v) is 4.76. The van der Waals surface area contributed by atoms with Gasteiger partial charge in [0.2, 0.25) is 5.76 Å². The summed E-state index contributed by atoms with van der Waals surface area (Å²) >= 11 is 0. The molecule has 0 saturated heterocycles. The molecule has 0 saturated carbocycles. The van der Waals surface area contributed by atoms with Gasteiger partial charge in [0.1, 0.15) is 11.8 Å². The molecular weight excluding hydrogens is 268 g/mol. The van der Waals surface area contributed by atoms with Gasteiger partial charge in [0.25, 0.3) is 0 Å². The molecule has 1 aromatic carbocycles. The Balaban J connectivity index is 1.93. The van der Waals surface area contributed by atoms with Crippen molar-refractivity contribution in [3.63, 3.8) is 0 Å². The molecule has 0 unspecified atom stereocenters. The maximum Gasteiger partial charge on any atom is 0.338 e. The number of hydrogen-bond donors (Lipinski definition) is 1. The predicted molar refractivity (Wildman–Crippen MR) is 77.7 cm³/mol. The lowest BCUT2D eigenvalue weighted by molar-refractivity contribution is 0.0378. The fourth-order valence-electron chi connectivity index (χ4n) is 1.73. The fraction of sp³-hybridized carbons (Fsp3) is 0.250. The van der Waals surface area contributed by atoms with Crippen molar-refractivity contribution < 1.29 is 13.9 Å². The van der Waals surface area contributed by atoms with Crippen LogP contribution in [0.2, 0.25) is 0 Å². The monoisotopic (exact) mass is 284 g/mol. The maximum absolute atomic E-state index is 11.7. The summed E-state index contributed by atoms with van der Waals surface area (Å²) in [5.74, 6) is 0.634. The van der Waals surface area contributed by atoms with E-state index in [4.69, 9.17) is 14.4 Å². The van der Waals surface area contributed by atoms with E-state index in [-0.39, 0.29) is 12.1 Å². The molecule has 21 heavy (non-hydrogen) atoms. The lowest BCUT2D eigenvalue weighted by Gasteiger charge is -2.09. The minimum Gasteiger partial charge on any atom is -0.459 e. The van der Waals surface area contributed by atoms with Crippen LogP contribution in [0.5, 0.6) is 0 Å². The number of nitrogens with zero attached hydrogens (tertiary/aromatic N) is 1. The number of anilines is 1. The van der Waals surface area contributed by atoms with Crippen LogP contribution in [0.25, 0.3) is 0 Å². The Morgan fingerprint density at radius 2 is 2.00 bits per heavy atom. The summed E-state index contributed by atoms with van der Waals surface area (Å²) in [6.45, 7) is 4.09. The summed E-state index contributed by atoms with van der Waals surface area (Å²) in [5.41, 5.74) is 1.37. The van der Waals surface area contributed by atoms with E-state index >= 15 is 0 Å². The summed E-state index contributed by atoms with van der Waals surface area (Å²) in [4.78, 5) is 11.7. The van der Waals surface area contributed by atoms with Crippen molar-refractivity contribution in [1.82, 2.24) is 0 Å². The molecule has 0 aliphatic heterocycles. The molecule has 0 amide bonds. The molecule has 1 N–H and O–H groups in total. The molecule has 108 valence electrons. The molecule has 0 atom stereocenters. The number of ether oxygens (including phenoxy) is 1. The average molecular weight is 284 g/mol. The molecule has 0 aliphatic carbocycles. The second kappa shape index (κ2) is 6.62. The number of carbonyl (C=O) groups is 1. The van der Waals surface area contributed by atoms with Gasteiger partial charge in [-0.15, -0.1) is 0 Å². The van der Waals surface area contributed by atoms with E-state index in [1.54, 1.807) is 36.4 Å². The van der Waals surface area contributed by atoms with Crippen molar-refractivity contribution in [2.45, 2.75) is 26.5 Å². The summed E-state index contributed by atoms with van der Waals surface area (Å²) in [6.07, 6.45) is -0.136. The highest BCUT2D eigenvalue weighted by Gasteiger charge is 2.08. The van der Waals surface area contributed by atoms with Crippen LogP contribution in [-0.4, -0.2) is 12.1 Å². The first-order chi connectivity index (χ1) is 10.1. The first kappa shape index (κ1) is 14.7. The number of furan rings is 1. The van der Waals surface area contributed by atoms with E-state index in [1.807, 2.05) is 19.9 Å². The molecule has 1 aromatic heterocycles. The molecule has 0 radical (unpaired) electrons. The second-order valence-electron chi connectivity index (χ2n) is 4.76. The fourth-order valence-corrected chi connectivity index (χ4v) is 1.73. The molecule has 0 aliphatic rings. The third-order valence-corrected chi connectivity index (χ3v) is 2.70. The zero-order valence-corrected chi connectivity index (χ0v) is 11.9. The van der Waals surface area contributed by atoms with Crippen LogP contribution in [0.3, 0.4) is 0 Å². The zero-order chi connectivity index (χ0) is 15.2. The maximum atomic E-state index is 11.7. The Morgan fingerprint density at radius 3 is 2.57 bits per heavy atom. The zero-order valence-electron chi connectivity index (χ0n) is 11.9. The molecule has 2 aromatic rings. The third-order valence-electron chi connectivity index (χ3n) is 2.70. The van der Waals surface area contributed by atoms with E-state index in [0.29, 0.717) is 23.6 Å². The van der Waals surface area contributed by atoms with Gasteiger partial charge in [-0.3, -0.25) is 0 Å². The minimum atomic E-state index is -0.332. The van der Waals surface area contributed by atoms with Crippen LogP contribution in [0.4, 0.5) is 5.69 Å². The Morgan fingerprint density at radius 1 is 1.29 bits per heavy atom. The Kier molecular flexibility index (Phi) is 4.62. The molecule has 5 nitrogen and oxygen atoms in total. The van der Waals surface area contributed by atoms with Crippen LogP contribution in [0.1, 0.15) is 35.7 Å². The summed E-state index contributed by atoms with van der Waals surface area (Å²) < 4.78 is 10.4. The number of nitriles is 1. The quantitative estimate of drug-likeness (QED) is 0.852. The molecule has 1 heterocycles. The number of hydrogen-bond acceptors (Lipinski definition) is 5. The van der Waals surface area contributed by atoms with Crippen LogP contribution in [0, 0.1) is 11.3 Å². The lowest BCUT2D eigenvalue weighted by atomic mass is 10.2. The number of rotatable bonds is 5. The van der Waals surface area contributed by atoms with E-state index in [1.165, 1.54) is 0 Å². The summed E-state index contributed by atoms with van der Waals surface area (Å²) in [5, 5.41) is 11.8. The Bertz CT molecular complexity index is 651. The van der Waals surface area contributed by atoms with Gasteiger partial charge in [0.05, 0.1) is 18.2 Å². The van der Waals surface area contributed by atoms with Crippen molar-refractivity contribution in [1.29, 1.82) is 5.26 Å². The van der Waals surface area contributed by atoms with Crippen LogP contribution < -0.4 is 5.32 Å². The van der Waals surface area contributed by atoms with E-state index in [9.17, 15) is 4.79 Å². The van der Waals surface area contributed by atoms with Crippen molar-refractivity contribution in [2.75, 3.05) is 5.32 Å². The minimum absolute atomic E-state index is 0.136. The number of esters is 1. The van der Waals surface area contributed by atoms with Gasteiger partial charge in [-0.2, -0.15) is 5.26 Å². The van der Waals surface area contributed by atoms with Gasteiger partial charge in [-0.25, -0.2) is 4.79 Å². The SMILES string of the molecule is CC(C)OC(=O)c1ccc(NCc2ccc(C#N)o2)cc1. The van der Waals surface area contributed by atoms with Crippen LogP contribution in [0.15, 0.2) is 40.8 Å². The molecule has 2 rings (SSSR count). The topological polar surface area (TPSA) is 75.3 Å². The normalized spacial score (nSPS) is 10.2. The first-order valence-corrected chi connectivity index (χ1v) is 6.62. The first-order valence-electron chi connectivity index (χ1n) is 6.62. The Labute approximate surface area is 123 Å². The summed E-state index contributed by atoms with van der Waals surface area (Å²) in [6, 6.07) is 12.3. The van der Waals surface area contributed by atoms with Gasteiger partial charge < -0.3 is 14.5 Å². The Hall–Kier alpha value is -2.74. The van der Waals surface area contributed by atoms with Crippen LogP contribution >= 0.6 is 0 Å². The summed E-state index contributed by atoms with van der Waals surface area (Å²) in [7, 11) is 0. The molecule has 5 heteroatoms. The third kappa shape index (κ3) is 4.11. The van der Waals surface area contributed by atoms with Gasteiger partial charge in [-0.05, 0) is 50.2 Å².